The van der Waals surface area contributed by atoms with Gasteiger partial charge in [0.1, 0.15) is 5.60 Å². The minimum Gasteiger partial charge on any atom is -0.444 e. The van der Waals surface area contributed by atoms with Crippen LogP contribution >= 0.6 is 0 Å². The average Bonchev–Trinajstić information content (AvgIpc) is 2.68. The summed E-state index contributed by atoms with van der Waals surface area (Å²) in [5.74, 6) is 0. The van der Waals surface area contributed by atoms with Crippen LogP contribution in [0.2, 0.25) is 0 Å². The molecule has 0 aliphatic rings. The molecule has 0 aliphatic carbocycles. The van der Waals surface area contributed by atoms with E-state index in [0.717, 1.165) is 5.56 Å². The molecule has 0 aromatic heterocycles. The standard InChI is InChI=1S/C23H32N2O5S/c1-17-12-14-18(15-13-17)31(28,29)24-20-10-7-6-9-19(20)21(11-8-16-26)25(5)22(27)30-23(2,3)4/h6-7,9-10,12-15,21,24,26H,8,11,16H2,1-5H3. The molecule has 2 aromatic carbocycles. The second-order valence-electron chi connectivity index (χ2n) is 8.48. The highest BCUT2D eigenvalue weighted by Gasteiger charge is 2.28. The van der Waals surface area contributed by atoms with Crippen LogP contribution in [0.4, 0.5) is 10.5 Å². The van der Waals surface area contributed by atoms with Gasteiger partial charge in [-0.25, -0.2) is 13.2 Å². The number of nitrogens with one attached hydrogen (secondary N) is 1. The molecule has 0 fully saturated rings. The van der Waals surface area contributed by atoms with Crippen LogP contribution in [0, 0.1) is 6.92 Å². The fourth-order valence-corrected chi connectivity index (χ4v) is 4.19. The number of carbonyl (C=O) groups excluding carboxylic acids is 1. The number of para-hydroxylation sites is 1. The lowest BCUT2D eigenvalue weighted by Crippen LogP contribution is -2.37. The molecule has 0 spiro atoms. The number of amides is 1. The quantitative estimate of drug-likeness (QED) is 0.621. The molecule has 2 N–H and O–H groups in total. The Hall–Kier alpha value is -2.58. The lowest BCUT2D eigenvalue weighted by molar-refractivity contribution is 0.0206. The zero-order valence-corrected chi connectivity index (χ0v) is 19.6. The number of aliphatic hydroxyl groups is 1. The molecule has 170 valence electrons. The van der Waals surface area contributed by atoms with Crippen LogP contribution in [0.15, 0.2) is 53.4 Å². The van der Waals surface area contributed by atoms with Crippen LogP contribution in [0.5, 0.6) is 0 Å². The maximum Gasteiger partial charge on any atom is 0.410 e. The van der Waals surface area contributed by atoms with Crippen molar-refractivity contribution >= 4 is 21.8 Å². The van der Waals surface area contributed by atoms with Gasteiger partial charge >= 0.3 is 6.09 Å². The Bertz CT molecular complexity index is 982. The van der Waals surface area contributed by atoms with Gasteiger partial charge in [0, 0.05) is 13.7 Å². The van der Waals surface area contributed by atoms with Crippen molar-refractivity contribution in [2.45, 2.75) is 57.1 Å². The highest BCUT2D eigenvalue weighted by atomic mass is 32.2. The molecule has 0 saturated heterocycles. The van der Waals surface area contributed by atoms with E-state index in [1.54, 1.807) is 76.3 Å². The summed E-state index contributed by atoms with van der Waals surface area (Å²) in [6.07, 6.45) is 0.360. The number of hydrogen-bond donors (Lipinski definition) is 2. The Balaban J connectivity index is 2.40. The third kappa shape index (κ3) is 6.97. The number of ether oxygens (including phenoxy) is 1. The topological polar surface area (TPSA) is 95.9 Å². The Labute approximate surface area is 185 Å². The van der Waals surface area contributed by atoms with Crippen molar-refractivity contribution in [3.05, 3.63) is 59.7 Å². The first-order chi connectivity index (χ1) is 14.4. The number of benzene rings is 2. The molecule has 2 aromatic rings. The van der Waals surface area contributed by atoms with E-state index in [4.69, 9.17) is 4.74 Å². The summed E-state index contributed by atoms with van der Waals surface area (Å²) in [4.78, 5) is 14.3. The van der Waals surface area contributed by atoms with E-state index < -0.39 is 27.8 Å². The minimum absolute atomic E-state index is 0.0457. The third-order valence-electron chi connectivity index (χ3n) is 4.68. The first-order valence-corrected chi connectivity index (χ1v) is 11.7. The Kier molecular flexibility index (Phi) is 8.08. The van der Waals surface area contributed by atoms with Gasteiger partial charge in [-0.2, -0.15) is 0 Å². The molecular formula is C23H32N2O5S. The second kappa shape index (κ2) is 10.2. The zero-order chi connectivity index (χ0) is 23.2. The van der Waals surface area contributed by atoms with E-state index in [0.29, 0.717) is 24.1 Å². The van der Waals surface area contributed by atoms with Gasteiger partial charge in [-0.05, 0) is 64.3 Å². The van der Waals surface area contributed by atoms with Gasteiger partial charge in [-0.15, -0.1) is 0 Å². The minimum atomic E-state index is -3.82. The number of nitrogens with zero attached hydrogens (tertiary/aromatic N) is 1. The van der Waals surface area contributed by atoms with Gasteiger partial charge in [-0.3, -0.25) is 4.72 Å². The molecule has 0 bridgehead atoms. The maximum absolute atomic E-state index is 12.9. The predicted molar refractivity (Wildman–Crippen MR) is 121 cm³/mol. The summed E-state index contributed by atoms with van der Waals surface area (Å²) in [6.45, 7) is 7.19. The van der Waals surface area contributed by atoms with E-state index in [1.807, 2.05) is 6.92 Å². The molecule has 1 atom stereocenters. The second-order valence-corrected chi connectivity index (χ2v) is 10.2. The van der Waals surface area contributed by atoms with E-state index >= 15 is 0 Å². The van der Waals surface area contributed by atoms with Crippen LogP contribution in [-0.4, -0.2) is 43.8 Å². The van der Waals surface area contributed by atoms with Crippen LogP contribution in [0.3, 0.4) is 0 Å². The van der Waals surface area contributed by atoms with Crippen molar-refractivity contribution in [2.75, 3.05) is 18.4 Å². The van der Waals surface area contributed by atoms with Crippen molar-refractivity contribution < 1.29 is 23.1 Å². The van der Waals surface area contributed by atoms with Crippen LogP contribution in [0.25, 0.3) is 0 Å². The van der Waals surface area contributed by atoms with E-state index in [2.05, 4.69) is 4.72 Å². The van der Waals surface area contributed by atoms with Gasteiger partial charge < -0.3 is 14.7 Å². The summed E-state index contributed by atoms with van der Waals surface area (Å²) >= 11 is 0. The third-order valence-corrected chi connectivity index (χ3v) is 6.06. The molecule has 0 saturated carbocycles. The fraction of sp³-hybridized carbons (Fsp3) is 0.435. The van der Waals surface area contributed by atoms with Crippen molar-refractivity contribution in [1.82, 2.24) is 4.90 Å². The summed E-state index contributed by atoms with van der Waals surface area (Å²) in [6, 6.07) is 13.0. The first-order valence-electron chi connectivity index (χ1n) is 10.2. The Morgan fingerprint density at radius 2 is 1.74 bits per heavy atom. The molecule has 7 nitrogen and oxygen atoms in total. The molecule has 8 heteroatoms. The Morgan fingerprint density at radius 1 is 1.13 bits per heavy atom. The first kappa shape index (κ1) is 24.7. The van der Waals surface area contributed by atoms with Gasteiger partial charge in [0.05, 0.1) is 16.6 Å². The van der Waals surface area contributed by atoms with Crippen LogP contribution in [0.1, 0.15) is 50.8 Å². The number of aliphatic hydroxyl groups excluding tert-OH is 1. The SMILES string of the molecule is Cc1ccc(S(=O)(=O)Nc2ccccc2C(CCCO)N(C)C(=O)OC(C)(C)C)cc1. The number of aryl methyl sites for hydroxylation is 1. The van der Waals surface area contributed by atoms with Gasteiger partial charge in [0.15, 0.2) is 0 Å². The fourth-order valence-electron chi connectivity index (χ4n) is 3.11. The summed E-state index contributed by atoms with van der Waals surface area (Å²) in [5.41, 5.74) is 1.29. The lowest BCUT2D eigenvalue weighted by Gasteiger charge is -2.32. The average molecular weight is 449 g/mol. The smallest absolute Gasteiger partial charge is 0.410 e. The van der Waals surface area contributed by atoms with E-state index in [1.165, 1.54) is 4.90 Å². The van der Waals surface area contributed by atoms with Crippen molar-refractivity contribution in [2.24, 2.45) is 0 Å². The molecule has 0 heterocycles. The molecular weight excluding hydrogens is 416 g/mol. The largest absolute Gasteiger partial charge is 0.444 e. The molecule has 1 amide bonds. The zero-order valence-electron chi connectivity index (χ0n) is 18.8. The summed E-state index contributed by atoms with van der Waals surface area (Å²) in [7, 11) is -2.20. The normalized spacial score (nSPS) is 12.8. The van der Waals surface area contributed by atoms with E-state index in [-0.39, 0.29) is 11.5 Å². The molecule has 0 radical (unpaired) electrons. The molecule has 0 aliphatic heterocycles. The number of hydrogen-bond acceptors (Lipinski definition) is 5. The molecule has 1 unspecified atom stereocenters. The summed E-state index contributed by atoms with van der Waals surface area (Å²) < 4.78 is 34.0. The lowest BCUT2D eigenvalue weighted by atomic mass is 9.99. The Morgan fingerprint density at radius 3 is 2.32 bits per heavy atom. The van der Waals surface area contributed by atoms with Gasteiger partial charge in [0.2, 0.25) is 0 Å². The van der Waals surface area contributed by atoms with Crippen molar-refractivity contribution in [3.63, 3.8) is 0 Å². The molecule has 31 heavy (non-hydrogen) atoms. The van der Waals surface area contributed by atoms with E-state index in [9.17, 15) is 18.3 Å². The highest BCUT2D eigenvalue weighted by molar-refractivity contribution is 7.92. The molecule has 2 rings (SSSR count). The number of rotatable bonds is 8. The van der Waals surface area contributed by atoms with Crippen LogP contribution in [-0.2, 0) is 14.8 Å². The maximum atomic E-state index is 12.9. The van der Waals surface area contributed by atoms with Crippen molar-refractivity contribution in [3.8, 4) is 0 Å². The van der Waals surface area contributed by atoms with Gasteiger partial charge in [0.25, 0.3) is 10.0 Å². The number of anilines is 1. The van der Waals surface area contributed by atoms with Crippen molar-refractivity contribution in [1.29, 1.82) is 0 Å². The van der Waals surface area contributed by atoms with Crippen LogP contribution < -0.4 is 4.72 Å². The summed E-state index contributed by atoms with van der Waals surface area (Å²) in [5, 5.41) is 9.35. The predicted octanol–water partition coefficient (Wildman–Crippen LogP) is 4.48. The highest BCUT2D eigenvalue weighted by Crippen LogP contribution is 2.33. The van der Waals surface area contributed by atoms with Gasteiger partial charge in [-0.1, -0.05) is 35.9 Å². The monoisotopic (exact) mass is 448 g/mol. The number of sulfonamides is 1. The number of carbonyl (C=O) groups is 1.